The van der Waals surface area contributed by atoms with Gasteiger partial charge < -0.3 is 4.74 Å². The number of carbonyl (C=O) groups excluding carboxylic acids is 3. The summed E-state index contributed by atoms with van der Waals surface area (Å²) in [6.45, 7) is 7.70. The second-order valence-corrected chi connectivity index (χ2v) is 7.13. The van der Waals surface area contributed by atoms with Crippen LogP contribution >= 0.6 is 0 Å². The number of esters is 1. The normalized spacial score (nSPS) is 44.7. The first-order valence-corrected chi connectivity index (χ1v) is 7.79. The van der Waals surface area contributed by atoms with Crippen LogP contribution in [-0.2, 0) is 19.1 Å². The summed E-state index contributed by atoms with van der Waals surface area (Å²) < 4.78 is 5.24. The van der Waals surface area contributed by atoms with Crippen molar-refractivity contribution >= 4 is 17.8 Å². The van der Waals surface area contributed by atoms with Gasteiger partial charge in [0, 0.05) is 19.8 Å². The molecule has 3 rings (SSSR count). The van der Waals surface area contributed by atoms with E-state index in [4.69, 9.17) is 4.74 Å². The maximum Gasteiger partial charge on any atom is 0.304 e. The first-order chi connectivity index (χ1) is 9.76. The molecule has 116 valence electrons. The van der Waals surface area contributed by atoms with Gasteiger partial charge in [0.25, 0.3) is 0 Å². The summed E-state index contributed by atoms with van der Waals surface area (Å²) in [7, 11) is 0. The predicted molar refractivity (Wildman–Crippen MR) is 74.7 cm³/mol. The molecule has 0 bridgehead atoms. The zero-order chi connectivity index (χ0) is 15.6. The fourth-order valence-electron chi connectivity index (χ4n) is 4.61. The Labute approximate surface area is 125 Å². The Hall–Kier alpha value is -1.39. The highest BCUT2D eigenvalue weighted by Gasteiger charge is 2.93. The SMILES string of the molecule is CC(=O)OC1CCCCC(=O)N1C(=O)C1C2(C)C(C)C12C. The van der Waals surface area contributed by atoms with Gasteiger partial charge in [-0.25, -0.2) is 4.90 Å². The molecule has 3 fully saturated rings. The summed E-state index contributed by atoms with van der Waals surface area (Å²) in [6, 6.07) is 0. The van der Waals surface area contributed by atoms with E-state index in [2.05, 4.69) is 20.8 Å². The summed E-state index contributed by atoms with van der Waals surface area (Å²) >= 11 is 0. The van der Waals surface area contributed by atoms with Crippen molar-refractivity contribution in [3.63, 3.8) is 0 Å². The number of nitrogens with zero attached hydrogens (tertiary/aromatic N) is 1. The van der Waals surface area contributed by atoms with Crippen LogP contribution in [0, 0.1) is 22.7 Å². The number of imide groups is 1. The topological polar surface area (TPSA) is 63.7 Å². The minimum absolute atomic E-state index is 0.0252. The van der Waals surface area contributed by atoms with E-state index in [1.165, 1.54) is 11.8 Å². The molecule has 0 aromatic rings. The molecule has 1 saturated heterocycles. The Bertz CT molecular complexity index is 514. The Balaban J connectivity index is 1.81. The highest BCUT2D eigenvalue weighted by molar-refractivity contribution is 6.00. The van der Waals surface area contributed by atoms with Crippen LogP contribution in [0.5, 0.6) is 0 Å². The third-order valence-corrected chi connectivity index (χ3v) is 6.43. The summed E-state index contributed by atoms with van der Waals surface area (Å²) in [4.78, 5) is 37.6. The number of hydrogen-bond acceptors (Lipinski definition) is 4. The fraction of sp³-hybridized carbons (Fsp3) is 0.812. The van der Waals surface area contributed by atoms with E-state index < -0.39 is 12.2 Å². The molecule has 2 amide bonds. The van der Waals surface area contributed by atoms with Crippen LogP contribution in [0.1, 0.15) is 53.4 Å². The van der Waals surface area contributed by atoms with Gasteiger partial charge in [0.05, 0.1) is 5.92 Å². The van der Waals surface area contributed by atoms with Crippen LogP contribution in [0.4, 0.5) is 0 Å². The Morgan fingerprint density at radius 1 is 1.24 bits per heavy atom. The first kappa shape index (κ1) is 14.5. The Morgan fingerprint density at radius 3 is 2.38 bits per heavy atom. The molecular weight excluding hydrogens is 270 g/mol. The molecule has 3 aliphatic rings. The summed E-state index contributed by atoms with van der Waals surface area (Å²) in [5.74, 6) is -0.362. The van der Waals surface area contributed by atoms with Crippen molar-refractivity contribution in [2.75, 3.05) is 0 Å². The van der Waals surface area contributed by atoms with Gasteiger partial charge in [-0.05, 0) is 29.6 Å². The molecule has 5 heteroatoms. The molecule has 2 saturated carbocycles. The third kappa shape index (κ3) is 1.72. The molecule has 0 radical (unpaired) electrons. The second-order valence-electron chi connectivity index (χ2n) is 7.13. The molecule has 1 aliphatic heterocycles. The molecule has 3 atom stereocenters. The number of ether oxygens (including phenoxy) is 1. The van der Waals surface area contributed by atoms with E-state index >= 15 is 0 Å². The van der Waals surface area contributed by atoms with E-state index in [0.717, 1.165) is 12.8 Å². The Kier molecular flexibility index (Phi) is 2.98. The van der Waals surface area contributed by atoms with E-state index in [0.29, 0.717) is 18.8 Å². The van der Waals surface area contributed by atoms with Gasteiger partial charge in [-0.2, -0.15) is 0 Å². The van der Waals surface area contributed by atoms with E-state index in [1.54, 1.807) is 0 Å². The van der Waals surface area contributed by atoms with Crippen molar-refractivity contribution in [3.05, 3.63) is 0 Å². The molecule has 0 aromatic heterocycles. The molecule has 0 N–H and O–H groups in total. The average Bonchev–Trinajstić information content (AvgIpc) is 3.12. The average molecular weight is 293 g/mol. The molecule has 0 spiro atoms. The van der Waals surface area contributed by atoms with E-state index in [9.17, 15) is 14.4 Å². The fourth-order valence-corrected chi connectivity index (χ4v) is 4.61. The lowest BCUT2D eigenvalue weighted by molar-refractivity contribution is -0.170. The number of fused-ring (bicyclic) bond motifs is 1. The van der Waals surface area contributed by atoms with Gasteiger partial charge in [0.15, 0.2) is 6.23 Å². The van der Waals surface area contributed by atoms with Gasteiger partial charge in [-0.15, -0.1) is 0 Å². The van der Waals surface area contributed by atoms with Crippen molar-refractivity contribution in [3.8, 4) is 0 Å². The predicted octanol–water partition coefficient (Wildman–Crippen LogP) is 2.10. The smallest absolute Gasteiger partial charge is 0.304 e. The summed E-state index contributed by atoms with van der Waals surface area (Å²) in [5, 5.41) is 0. The van der Waals surface area contributed by atoms with Gasteiger partial charge in [-0.1, -0.05) is 20.8 Å². The second kappa shape index (κ2) is 4.31. The van der Waals surface area contributed by atoms with Crippen LogP contribution in [0.3, 0.4) is 0 Å². The van der Waals surface area contributed by atoms with Crippen molar-refractivity contribution < 1.29 is 19.1 Å². The summed E-state index contributed by atoms with van der Waals surface area (Å²) in [5.41, 5.74) is 0.0505. The molecule has 0 aromatic carbocycles. The summed E-state index contributed by atoms with van der Waals surface area (Å²) in [6.07, 6.45) is 1.73. The van der Waals surface area contributed by atoms with Crippen LogP contribution in [0.25, 0.3) is 0 Å². The minimum Gasteiger partial charge on any atom is -0.441 e. The number of rotatable bonds is 2. The molecular formula is C16H23NO4. The van der Waals surface area contributed by atoms with E-state index in [1.807, 2.05) is 0 Å². The van der Waals surface area contributed by atoms with Gasteiger partial charge >= 0.3 is 5.97 Å². The van der Waals surface area contributed by atoms with Crippen molar-refractivity contribution in [2.45, 2.75) is 59.6 Å². The van der Waals surface area contributed by atoms with Gasteiger partial charge in [0.2, 0.25) is 11.8 Å². The van der Waals surface area contributed by atoms with Crippen LogP contribution in [-0.4, -0.2) is 28.9 Å². The molecule has 2 aliphatic carbocycles. The number of hydrogen-bond donors (Lipinski definition) is 0. The highest BCUT2D eigenvalue weighted by atomic mass is 16.6. The number of carbonyl (C=O) groups is 3. The molecule has 5 nitrogen and oxygen atoms in total. The zero-order valence-electron chi connectivity index (χ0n) is 13.1. The molecule has 3 unspecified atom stereocenters. The van der Waals surface area contributed by atoms with Gasteiger partial charge in [-0.3, -0.25) is 14.4 Å². The maximum absolute atomic E-state index is 12.8. The monoisotopic (exact) mass is 293 g/mol. The number of amides is 2. The van der Waals surface area contributed by atoms with Crippen molar-refractivity contribution in [2.24, 2.45) is 22.7 Å². The zero-order valence-corrected chi connectivity index (χ0v) is 13.1. The first-order valence-electron chi connectivity index (χ1n) is 7.79. The van der Waals surface area contributed by atoms with Crippen LogP contribution in [0.2, 0.25) is 0 Å². The van der Waals surface area contributed by atoms with Gasteiger partial charge in [0.1, 0.15) is 0 Å². The largest absolute Gasteiger partial charge is 0.441 e. The lowest BCUT2D eigenvalue weighted by Crippen LogP contribution is -2.48. The maximum atomic E-state index is 12.8. The standard InChI is InChI=1S/C16H23NO4/c1-9-15(3)13(16(9,15)4)14(20)17-11(19)7-5-6-8-12(17)21-10(2)18/h9,12-13H,5-8H2,1-4H3. The highest BCUT2D eigenvalue weighted by Crippen LogP contribution is 2.93. The van der Waals surface area contributed by atoms with Crippen molar-refractivity contribution in [1.29, 1.82) is 0 Å². The minimum atomic E-state index is -0.715. The van der Waals surface area contributed by atoms with E-state index in [-0.39, 0.29) is 28.6 Å². The molecule has 1 heterocycles. The van der Waals surface area contributed by atoms with Crippen molar-refractivity contribution in [1.82, 2.24) is 4.90 Å². The Morgan fingerprint density at radius 2 is 1.86 bits per heavy atom. The number of likely N-dealkylation sites (tertiary alicyclic amines) is 1. The van der Waals surface area contributed by atoms with Crippen LogP contribution in [0.15, 0.2) is 0 Å². The lowest BCUT2D eigenvalue weighted by atomic mass is 9.93. The lowest BCUT2D eigenvalue weighted by Gasteiger charge is -2.30. The molecule has 21 heavy (non-hydrogen) atoms. The third-order valence-electron chi connectivity index (χ3n) is 6.43. The quantitative estimate of drug-likeness (QED) is 0.578. The van der Waals surface area contributed by atoms with Crippen LogP contribution < -0.4 is 0 Å².